The van der Waals surface area contributed by atoms with Gasteiger partial charge in [-0.25, -0.2) is 8.42 Å². The standard InChI is InChI=1S/C30H36ClN3O4S/c1-5-23(3)32-30(36)28(19-24-10-7-6-8-11-24)34(20-25-12-9-13-26(31)18-25)29(35)21-33(4)39(37,38)27-16-14-22(2)15-17-27/h6-18,23,28H,5,19-21H2,1-4H3,(H,32,36)/t23-,28+/m0/s1. The molecule has 39 heavy (non-hydrogen) atoms. The van der Waals surface area contributed by atoms with Crippen molar-refractivity contribution in [2.75, 3.05) is 13.6 Å². The molecule has 9 heteroatoms. The second-order valence-corrected chi connectivity index (χ2v) is 12.2. The number of carbonyl (C=O) groups is 2. The van der Waals surface area contributed by atoms with E-state index in [0.717, 1.165) is 27.4 Å². The van der Waals surface area contributed by atoms with Crippen molar-refractivity contribution in [3.63, 3.8) is 0 Å². The van der Waals surface area contributed by atoms with Crippen molar-refractivity contribution >= 4 is 33.4 Å². The molecular weight excluding hydrogens is 534 g/mol. The van der Waals surface area contributed by atoms with E-state index in [4.69, 9.17) is 11.6 Å². The van der Waals surface area contributed by atoms with E-state index in [1.165, 1.54) is 24.1 Å². The molecule has 7 nitrogen and oxygen atoms in total. The summed E-state index contributed by atoms with van der Waals surface area (Å²) in [6, 6.07) is 22.0. The summed E-state index contributed by atoms with van der Waals surface area (Å²) in [5.74, 6) is -0.791. The lowest BCUT2D eigenvalue weighted by atomic mass is 10.0. The average molecular weight is 570 g/mol. The molecule has 0 spiro atoms. The molecule has 3 rings (SSSR count). The maximum Gasteiger partial charge on any atom is 0.243 e. The Balaban J connectivity index is 1.98. The van der Waals surface area contributed by atoms with Crippen LogP contribution in [0.25, 0.3) is 0 Å². The minimum atomic E-state index is -3.93. The largest absolute Gasteiger partial charge is 0.352 e. The van der Waals surface area contributed by atoms with Crippen LogP contribution in [0.4, 0.5) is 0 Å². The Labute approximate surface area is 236 Å². The fraction of sp³-hybridized carbons (Fsp3) is 0.333. The molecule has 208 valence electrons. The zero-order chi connectivity index (χ0) is 28.6. The molecular formula is C30H36ClN3O4S. The van der Waals surface area contributed by atoms with Crippen LogP contribution in [-0.4, -0.2) is 55.1 Å². The van der Waals surface area contributed by atoms with Crippen LogP contribution in [0.1, 0.15) is 37.0 Å². The Kier molecular flexibility index (Phi) is 10.7. The van der Waals surface area contributed by atoms with E-state index in [1.807, 2.05) is 57.2 Å². The van der Waals surface area contributed by atoms with E-state index in [-0.39, 0.29) is 29.8 Å². The number of amides is 2. The van der Waals surface area contributed by atoms with Crippen LogP contribution < -0.4 is 5.32 Å². The van der Waals surface area contributed by atoms with E-state index >= 15 is 0 Å². The van der Waals surface area contributed by atoms with E-state index < -0.39 is 28.5 Å². The molecule has 0 radical (unpaired) electrons. The maximum atomic E-state index is 13.9. The molecule has 0 aliphatic carbocycles. The van der Waals surface area contributed by atoms with Gasteiger partial charge in [-0.15, -0.1) is 0 Å². The minimum Gasteiger partial charge on any atom is -0.352 e. The van der Waals surface area contributed by atoms with Gasteiger partial charge in [0.1, 0.15) is 6.04 Å². The third-order valence-electron chi connectivity index (χ3n) is 6.60. The molecule has 0 aromatic heterocycles. The second-order valence-electron chi connectivity index (χ2n) is 9.75. The van der Waals surface area contributed by atoms with Gasteiger partial charge in [0, 0.05) is 31.1 Å². The van der Waals surface area contributed by atoms with Crippen molar-refractivity contribution < 1.29 is 18.0 Å². The van der Waals surface area contributed by atoms with Crippen molar-refractivity contribution in [3.05, 3.63) is 101 Å². The van der Waals surface area contributed by atoms with E-state index in [9.17, 15) is 18.0 Å². The number of nitrogens with one attached hydrogen (secondary N) is 1. The quantitative estimate of drug-likeness (QED) is 0.339. The Morgan fingerprint density at radius 1 is 0.949 bits per heavy atom. The highest BCUT2D eigenvalue weighted by Crippen LogP contribution is 2.20. The summed E-state index contributed by atoms with van der Waals surface area (Å²) in [7, 11) is -2.56. The molecule has 0 saturated heterocycles. The Bertz CT molecular complexity index is 1360. The zero-order valence-electron chi connectivity index (χ0n) is 22.8. The van der Waals surface area contributed by atoms with Gasteiger partial charge >= 0.3 is 0 Å². The third-order valence-corrected chi connectivity index (χ3v) is 8.65. The van der Waals surface area contributed by atoms with Crippen molar-refractivity contribution in [3.8, 4) is 0 Å². The van der Waals surface area contributed by atoms with Crippen molar-refractivity contribution in [2.45, 2.75) is 57.1 Å². The summed E-state index contributed by atoms with van der Waals surface area (Å²) in [6.07, 6.45) is 0.993. The summed E-state index contributed by atoms with van der Waals surface area (Å²) in [5, 5.41) is 3.51. The molecule has 0 bridgehead atoms. The number of nitrogens with zero attached hydrogens (tertiary/aromatic N) is 2. The molecule has 0 fully saturated rings. The van der Waals surface area contributed by atoms with Gasteiger partial charge in [-0.05, 0) is 55.7 Å². The molecule has 1 N–H and O–H groups in total. The third kappa shape index (κ3) is 8.39. The van der Waals surface area contributed by atoms with Gasteiger partial charge in [0.15, 0.2) is 0 Å². The Hall–Kier alpha value is -3.20. The van der Waals surface area contributed by atoms with E-state index in [2.05, 4.69) is 5.32 Å². The number of aryl methyl sites for hydroxylation is 1. The first-order valence-electron chi connectivity index (χ1n) is 12.9. The zero-order valence-corrected chi connectivity index (χ0v) is 24.4. The number of hydrogen-bond donors (Lipinski definition) is 1. The lowest BCUT2D eigenvalue weighted by Crippen LogP contribution is -2.54. The van der Waals surface area contributed by atoms with Gasteiger partial charge < -0.3 is 10.2 Å². The second kappa shape index (κ2) is 13.7. The van der Waals surface area contributed by atoms with Crippen molar-refractivity contribution in [1.29, 1.82) is 0 Å². The van der Waals surface area contributed by atoms with Crippen LogP contribution in [0, 0.1) is 6.92 Å². The van der Waals surface area contributed by atoms with Gasteiger partial charge in [0.25, 0.3) is 0 Å². The van der Waals surface area contributed by atoms with Gasteiger partial charge in [-0.2, -0.15) is 4.31 Å². The highest BCUT2D eigenvalue weighted by Gasteiger charge is 2.33. The summed E-state index contributed by atoms with van der Waals surface area (Å²) in [4.78, 5) is 29.0. The monoisotopic (exact) mass is 569 g/mol. The number of carbonyl (C=O) groups excluding carboxylic acids is 2. The number of likely N-dealkylation sites (N-methyl/N-ethyl adjacent to an activating group) is 1. The molecule has 0 unspecified atom stereocenters. The first-order chi connectivity index (χ1) is 18.5. The number of halogens is 1. The number of sulfonamides is 1. The molecule has 2 amide bonds. The molecule has 3 aromatic rings. The molecule has 3 aromatic carbocycles. The van der Waals surface area contributed by atoms with Crippen LogP contribution in [0.15, 0.2) is 83.8 Å². The highest BCUT2D eigenvalue weighted by atomic mass is 35.5. The van der Waals surface area contributed by atoms with Gasteiger partial charge in [0.2, 0.25) is 21.8 Å². The first-order valence-corrected chi connectivity index (χ1v) is 14.7. The average Bonchev–Trinajstić information content (AvgIpc) is 2.91. The summed E-state index contributed by atoms with van der Waals surface area (Å²) >= 11 is 6.22. The summed E-state index contributed by atoms with van der Waals surface area (Å²) in [5.41, 5.74) is 2.54. The van der Waals surface area contributed by atoms with Crippen LogP contribution in [-0.2, 0) is 32.6 Å². The fourth-order valence-corrected chi connectivity index (χ4v) is 5.42. The summed E-state index contributed by atoms with van der Waals surface area (Å²) in [6.45, 7) is 5.40. The molecule has 0 aliphatic heterocycles. The van der Waals surface area contributed by atoms with Crippen molar-refractivity contribution in [2.24, 2.45) is 0 Å². The Morgan fingerprint density at radius 2 is 1.59 bits per heavy atom. The van der Waals surface area contributed by atoms with E-state index in [0.29, 0.717) is 5.02 Å². The topological polar surface area (TPSA) is 86.8 Å². The van der Waals surface area contributed by atoms with Crippen LogP contribution in [0.5, 0.6) is 0 Å². The first kappa shape index (κ1) is 30.3. The molecule has 0 saturated carbocycles. The SMILES string of the molecule is CC[C@H](C)NC(=O)[C@@H](Cc1ccccc1)N(Cc1cccc(Cl)c1)C(=O)CN(C)S(=O)(=O)c1ccc(C)cc1. The molecule has 0 heterocycles. The van der Waals surface area contributed by atoms with Crippen LogP contribution in [0.2, 0.25) is 5.02 Å². The van der Waals surface area contributed by atoms with Gasteiger partial charge in [0.05, 0.1) is 11.4 Å². The Morgan fingerprint density at radius 3 is 2.21 bits per heavy atom. The lowest BCUT2D eigenvalue weighted by Gasteiger charge is -2.33. The summed E-state index contributed by atoms with van der Waals surface area (Å²) < 4.78 is 27.5. The number of benzene rings is 3. The van der Waals surface area contributed by atoms with Crippen LogP contribution in [0.3, 0.4) is 0 Å². The molecule has 0 aliphatic rings. The highest BCUT2D eigenvalue weighted by molar-refractivity contribution is 7.89. The van der Waals surface area contributed by atoms with Crippen molar-refractivity contribution in [1.82, 2.24) is 14.5 Å². The normalized spacial score (nSPS) is 13.1. The fourth-order valence-electron chi connectivity index (χ4n) is 4.08. The van der Waals surface area contributed by atoms with E-state index in [1.54, 1.807) is 30.3 Å². The minimum absolute atomic E-state index is 0.0865. The maximum absolute atomic E-state index is 13.9. The predicted octanol–water partition coefficient (Wildman–Crippen LogP) is 4.82. The van der Waals surface area contributed by atoms with Gasteiger partial charge in [-0.3, -0.25) is 9.59 Å². The predicted molar refractivity (Wildman–Crippen MR) is 155 cm³/mol. The van der Waals surface area contributed by atoms with Crippen LogP contribution >= 0.6 is 11.6 Å². The number of hydrogen-bond acceptors (Lipinski definition) is 4. The molecule has 2 atom stereocenters. The lowest BCUT2D eigenvalue weighted by molar-refractivity contribution is -0.141. The van der Waals surface area contributed by atoms with Gasteiger partial charge in [-0.1, -0.05) is 78.7 Å². The number of rotatable bonds is 12. The smallest absolute Gasteiger partial charge is 0.243 e.